The molecular formula is C15H24N2O2S. The zero-order valence-corrected chi connectivity index (χ0v) is 13.1. The standard InChI is InChI=1S/C15H24N2O2S/c1-3-14(2)16-9-11-17(12-10-16)20(18,19)13-15-7-5-4-6-8-15/h4-8,14H,3,9-13H2,1-2H3/t14-/m0/s1. The first-order valence-electron chi connectivity index (χ1n) is 7.28. The summed E-state index contributed by atoms with van der Waals surface area (Å²) in [4.78, 5) is 2.37. The summed E-state index contributed by atoms with van der Waals surface area (Å²) in [7, 11) is -3.19. The van der Waals surface area contributed by atoms with Gasteiger partial charge in [-0.1, -0.05) is 37.3 Å². The second kappa shape index (κ2) is 6.70. The van der Waals surface area contributed by atoms with Crippen molar-refractivity contribution in [2.75, 3.05) is 26.2 Å². The minimum Gasteiger partial charge on any atom is -0.298 e. The van der Waals surface area contributed by atoms with Crippen LogP contribution in [-0.4, -0.2) is 49.8 Å². The minimum absolute atomic E-state index is 0.108. The van der Waals surface area contributed by atoms with E-state index in [-0.39, 0.29) is 5.75 Å². The molecule has 0 aliphatic carbocycles. The van der Waals surface area contributed by atoms with Crippen LogP contribution in [0.4, 0.5) is 0 Å². The predicted molar refractivity (Wildman–Crippen MR) is 82.0 cm³/mol. The van der Waals surface area contributed by atoms with Crippen LogP contribution < -0.4 is 0 Å². The van der Waals surface area contributed by atoms with Crippen molar-refractivity contribution in [3.05, 3.63) is 35.9 Å². The maximum atomic E-state index is 12.4. The molecule has 0 unspecified atom stereocenters. The Morgan fingerprint density at radius 3 is 2.25 bits per heavy atom. The fourth-order valence-electron chi connectivity index (χ4n) is 2.56. The van der Waals surface area contributed by atoms with E-state index in [1.165, 1.54) is 0 Å². The van der Waals surface area contributed by atoms with Crippen LogP contribution in [0.25, 0.3) is 0 Å². The van der Waals surface area contributed by atoms with E-state index in [0.717, 1.165) is 25.1 Å². The highest BCUT2D eigenvalue weighted by Crippen LogP contribution is 2.15. The first-order valence-corrected chi connectivity index (χ1v) is 8.89. The predicted octanol–water partition coefficient (Wildman–Crippen LogP) is 1.93. The Morgan fingerprint density at radius 1 is 1.10 bits per heavy atom. The van der Waals surface area contributed by atoms with Gasteiger partial charge in [-0.2, -0.15) is 4.31 Å². The molecule has 1 aromatic carbocycles. The lowest BCUT2D eigenvalue weighted by molar-refractivity contribution is 0.142. The van der Waals surface area contributed by atoms with Gasteiger partial charge in [0.25, 0.3) is 0 Å². The zero-order valence-electron chi connectivity index (χ0n) is 12.3. The summed E-state index contributed by atoms with van der Waals surface area (Å²) >= 11 is 0. The number of nitrogens with zero attached hydrogens (tertiary/aromatic N) is 2. The van der Waals surface area contributed by atoms with Crippen molar-refractivity contribution in [1.82, 2.24) is 9.21 Å². The summed E-state index contributed by atoms with van der Waals surface area (Å²) in [5, 5.41) is 0. The molecule has 1 fully saturated rings. The van der Waals surface area contributed by atoms with Crippen LogP contribution in [0.3, 0.4) is 0 Å². The quantitative estimate of drug-likeness (QED) is 0.833. The maximum Gasteiger partial charge on any atom is 0.218 e. The molecule has 1 aliphatic heterocycles. The molecule has 0 saturated carbocycles. The highest BCUT2D eigenvalue weighted by atomic mass is 32.2. The van der Waals surface area contributed by atoms with Crippen LogP contribution >= 0.6 is 0 Å². The topological polar surface area (TPSA) is 40.6 Å². The van der Waals surface area contributed by atoms with Crippen LogP contribution in [-0.2, 0) is 15.8 Å². The summed E-state index contributed by atoms with van der Waals surface area (Å²) < 4.78 is 26.5. The van der Waals surface area contributed by atoms with Gasteiger partial charge in [-0.3, -0.25) is 4.90 Å². The molecule has 1 aromatic rings. The SMILES string of the molecule is CC[C@H](C)N1CCN(S(=O)(=O)Cc2ccccc2)CC1. The van der Waals surface area contributed by atoms with Gasteiger partial charge in [0.1, 0.15) is 0 Å². The molecule has 1 saturated heterocycles. The van der Waals surface area contributed by atoms with Gasteiger partial charge in [-0.15, -0.1) is 0 Å². The van der Waals surface area contributed by atoms with Crippen LogP contribution in [0.5, 0.6) is 0 Å². The fraction of sp³-hybridized carbons (Fsp3) is 0.600. The summed E-state index contributed by atoms with van der Waals surface area (Å²) in [5.41, 5.74) is 0.858. The molecule has 0 bridgehead atoms. The Kier molecular flexibility index (Phi) is 5.18. The van der Waals surface area contributed by atoms with E-state index < -0.39 is 10.0 Å². The Hall–Kier alpha value is -0.910. The normalized spacial score (nSPS) is 19.9. The molecule has 0 radical (unpaired) electrons. The largest absolute Gasteiger partial charge is 0.298 e. The molecule has 0 spiro atoms. The first kappa shape index (κ1) is 15.5. The third kappa shape index (κ3) is 3.81. The number of rotatable bonds is 5. The molecule has 5 heteroatoms. The number of hydrogen-bond acceptors (Lipinski definition) is 3. The summed E-state index contributed by atoms with van der Waals surface area (Å²) in [6, 6.07) is 9.94. The van der Waals surface area contributed by atoms with Crippen molar-refractivity contribution >= 4 is 10.0 Å². The molecule has 1 heterocycles. The van der Waals surface area contributed by atoms with E-state index in [2.05, 4.69) is 18.7 Å². The summed E-state index contributed by atoms with van der Waals surface area (Å²) in [5.74, 6) is 0.108. The van der Waals surface area contributed by atoms with Crippen LogP contribution in [0.2, 0.25) is 0 Å². The Balaban J connectivity index is 1.95. The molecule has 1 aliphatic rings. The van der Waals surface area contributed by atoms with Crippen molar-refractivity contribution in [2.24, 2.45) is 0 Å². The second-order valence-corrected chi connectivity index (χ2v) is 7.40. The van der Waals surface area contributed by atoms with Crippen molar-refractivity contribution in [2.45, 2.75) is 32.1 Å². The summed E-state index contributed by atoms with van der Waals surface area (Å²) in [6.45, 7) is 7.27. The van der Waals surface area contributed by atoms with E-state index in [1.807, 2.05) is 30.3 Å². The summed E-state index contributed by atoms with van der Waals surface area (Å²) in [6.07, 6.45) is 1.11. The van der Waals surface area contributed by atoms with Gasteiger partial charge in [0.05, 0.1) is 5.75 Å². The van der Waals surface area contributed by atoms with Crippen molar-refractivity contribution in [1.29, 1.82) is 0 Å². The third-order valence-corrected chi connectivity index (χ3v) is 5.92. The molecule has 0 aromatic heterocycles. The maximum absolute atomic E-state index is 12.4. The van der Waals surface area contributed by atoms with Gasteiger partial charge in [0.15, 0.2) is 0 Å². The second-order valence-electron chi connectivity index (χ2n) is 5.43. The van der Waals surface area contributed by atoms with Gasteiger partial charge in [0, 0.05) is 32.2 Å². The van der Waals surface area contributed by atoms with Crippen molar-refractivity contribution in [3.63, 3.8) is 0 Å². The fourth-order valence-corrected chi connectivity index (χ4v) is 4.07. The number of benzene rings is 1. The molecule has 112 valence electrons. The Morgan fingerprint density at radius 2 is 1.70 bits per heavy atom. The van der Waals surface area contributed by atoms with Gasteiger partial charge >= 0.3 is 0 Å². The number of piperazine rings is 1. The Labute approximate surface area is 122 Å². The van der Waals surface area contributed by atoms with Gasteiger partial charge in [-0.25, -0.2) is 8.42 Å². The minimum atomic E-state index is -3.19. The molecule has 20 heavy (non-hydrogen) atoms. The van der Waals surface area contributed by atoms with E-state index in [0.29, 0.717) is 19.1 Å². The van der Waals surface area contributed by atoms with Crippen LogP contribution in [0, 0.1) is 0 Å². The molecule has 1 atom stereocenters. The lowest BCUT2D eigenvalue weighted by atomic mass is 10.2. The van der Waals surface area contributed by atoms with E-state index in [1.54, 1.807) is 4.31 Å². The van der Waals surface area contributed by atoms with Gasteiger partial charge in [-0.05, 0) is 18.9 Å². The van der Waals surface area contributed by atoms with Crippen LogP contribution in [0.1, 0.15) is 25.8 Å². The first-order chi connectivity index (χ1) is 9.53. The molecule has 2 rings (SSSR count). The molecular weight excluding hydrogens is 272 g/mol. The van der Waals surface area contributed by atoms with E-state index >= 15 is 0 Å². The highest BCUT2D eigenvalue weighted by Gasteiger charge is 2.28. The third-order valence-electron chi connectivity index (χ3n) is 4.07. The van der Waals surface area contributed by atoms with Gasteiger partial charge < -0.3 is 0 Å². The lowest BCUT2D eigenvalue weighted by Crippen LogP contribution is -2.51. The monoisotopic (exact) mass is 296 g/mol. The van der Waals surface area contributed by atoms with E-state index in [9.17, 15) is 8.42 Å². The van der Waals surface area contributed by atoms with Crippen molar-refractivity contribution < 1.29 is 8.42 Å². The van der Waals surface area contributed by atoms with E-state index in [4.69, 9.17) is 0 Å². The highest BCUT2D eigenvalue weighted by molar-refractivity contribution is 7.88. The number of hydrogen-bond donors (Lipinski definition) is 0. The average Bonchev–Trinajstić information content (AvgIpc) is 2.47. The smallest absolute Gasteiger partial charge is 0.218 e. The van der Waals surface area contributed by atoms with Crippen molar-refractivity contribution in [3.8, 4) is 0 Å². The lowest BCUT2D eigenvalue weighted by Gasteiger charge is -2.37. The zero-order chi connectivity index (χ0) is 14.6. The molecule has 4 nitrogen and oxygen atoms in total. The average molecular weight is 296 g/mol. The molecule has 0 N–H and O–H groups in total. The molecule has 0 amide bonds. The van der Waals surface area contributed by atoms with Gasteiger partial charge in [0.2, 0.25) is 10.0 Å². The number of sulfonamides is 1. The van der Waals surface area contributed by atoms with Crippen LogP contribution in [0.15, 0.2) is 30.3 Å². The Bertz CT molecular complexity index is 508.